The van der Waals surface area contributed by atoms with Crippen LogP contribution in [0.2, 0.25) is 0 Å². The summed E-state index contributed by atoms with van der Waals surface area (Å²) in [5.41, 5.74) is 1.91. The number of hydrogen-bond donors (Lipinski definition) is 1. The van der Waals surface area contributed by atoms with Crippen molar-refractivity contribution in [2.45, 2.75) is 50.5 Å². The fourth-order valence-electron chi connectivity index (χ4n) is 4.79. The Balaban J connectivity index is 1.96. The maximum atomic E-state index is 11.9. The third kappa shape index (κ3) is 3.54. The summed E-state index contributed by atoms with van der Waals surface area (Å²) >= 11 is 0. The molecule has 3 rings (SSSR count). The molecule has 0 heterocycles. The summed E-state index contributed by atoms with van der Waals surface area (Å²) in [7, 11) is 4.26. The van der Waals surface area contributed by atoms with Crippen molar-refractivity contribution in [3.8, 4) is 0 Å². The van der Waals surface area contributed by atoms with E-state index >= 15 is 0 Å². The summed E-state index contributed by atoms with van der Waals surface area (Å²) in [6.45, 7) is 0.985. The molecule has 0 amide bonds. The normalized spacial score (nSPS) is 31.1. The molecule has 2 heteroatoms. The topological polar surface area (TPSA) is 23.5 Å². The van der Waals surface area contributed by atoms with Gasteiger partial charge in [0, 0.05) is 12.5 Å². The van der Waals surface area contributed by atoms with Crippen LogP contribution in [0.1, 0.15) is 50.5 Å². The number of hydrogen-bond acceptors (Lipinski definition) is 2. The van der Waals surface area contributed by atoms with E-state index in [0.717, 1.165) is 19.4 Å². The summed E-state index contributed by atoms with van der Waals surface area (Å²) in [6.07, 6.45) is 10.6. The molecule has 2 atom stereocenters. The van der Waals surface area contributed by atoms with E-state index in [1.165, 1.54) is 43.2 Å². The summed E-state index contributed by atoms with van der Waals surface area (Å²) < 4.78 is 0. The van der Waals surface area contributed by atoms with Gasteiger partial charge in [-0.1, -0.05) is 49.2 Å². The van der Waals surface area contributed by atoms with Crippen molar-refractivity contribution >= 4 is 6.08 Å². The van der Waals surface area contributed by atoms with Crippen LogP contribution in [0.25, 0.3) is 6.08 Å². The van der Waals surface area contributed by atoms with E-state index in [4.69, 9.17) is 0 Å². The zero-order valence-corrected chi connectivity index (χ0v) is 14.7. The van der Waals surface area contributed by atoms with Crippen molar-refractivity contribution in [2.24, 2.45) is 11.8 Å². The Hall–Kier alpha value is -1.12. The lowest BCUT2D eigenvalue weighted by Gasteiger charge is -2.47. The molecule has 2 saturated carbocycles. The molecule has 2 fully saturated rings. The molecule has 2 aliphatic rings. The van der Waals surface area contributed by atoms with E-state index < -0.39 is 5.60 Å². The quantitative estimate of drug-likeness (QED) is 0.893. The van der Waals surface area contributed by atoms with Crippen LogP contribution in [-0.4, -0.2) is 36.2 Å². The molecule has 1 aromatic carbocycles. The highest BCUT2D eigenvalue weighted by Gasteiger charge is 2.48. The van der Waals surface area contributed by atoms with E-state index in [9.17, 15) is 5.11 Å². The van der Waals surface area contributed by atoms with Gasteiger partial charge in [-0.05, 0) is 63.3 Å². The first-order valence-electron chi connectivity index (χ1n) is 9.24. The SMILES string of the molecule is CN(C)CC1CCC/C(=C/c2ccccc2)C1(O)C1CCCC1. The highest BCUT2D eigenvalue weighted by atomic mass is 16.3. The van der Waals surface area contributed by atoms with Crippen molar-refractivity contribution in [2.75, 3.05) is 20.6 Å². The molecule has 0 aromatic heterocycles. The molecule has 23 heavy (non-hydrogen) atoms. The lowest BCUT2D eigenvalue weighted by molar-refractivity contribution is -0.0581. The number of benzene rings is 1. The van der Waals surface area contributed by atoms with E-state index in [2.05, 4.69) is 55.4 Å². The second-order valence-corrected chi connectivity index (χ2v) is 7.74. The molecule has 1 N–H and O–H groups in total. The predicted molar refractivity (Wildman–Crippen MR) is 97.2 cm³/mol. The Bertz CT molecular complexity index is 530. The highest BCUT2D eigenvalue weighted by Crippen LogP contribution is 2.49. The van der Waals surface area contributed by atoms with Gasteiger partial charge in [-0.15, -0.1) is 0 Å². The predicted octanol–water partition coefficient (Wildman–Crippen LogP) is 4.35. The third-order valence-corrected chi connectivity index (χ3v) is 5.84. The van der Waals surface area contributed by atoms with E-state index in [1.807, 2.05) is 0 Å². The smallest absolute Gasteiger partial charge is 0.0928 e. The van der Waals surface area contributed by atoms with Crippen LogP contribution < -0.4 is 0 Å². The standard InChI is InChI=1S/C21H31NO/c1-22(2)16-20-14-8-13-19(15-17-9-4-3-5-10-17)21(20,23)18-11-6-7-12-18/h3-5,9-10,15,18,20,23H,6-8,11-14,16H2,1-2H3/b19-15-. The molecule has 2 nitrogen and oxygen atoms in total. The Kier molecular flexibility index (Phi) is 5.23. The van der Waals surface area contributed by atoms with Gasteiger partial charge in [-0.2, -0.15) is 0 Å². The zero-order valence-electron chi connectivity index (χ0n) is 14.7. The minimum atomic E-state index is -0.602. The summed E-state index contributed by atoms with van der Waals surface area (Å²) in [6, 6.07) is 10.5. The molecule has 1 aromatic rings. The lowest BCUT2D eigenvalue weighted by atomic mass is 9.64. The molecule has 0 saturated heterocycles. The van der Waals surface area contributed by atoms with Crippen molar-refractivity contribution in [1.29, 1.82) is 0 Å². The monoisotopic (exact) mass is 313 g/mol. The first-order chi connectivity index (χ1) is 11.1. The van der Waals surface area contributed by atoms with Crippen LogP contribution in [0.15, 0.2) is 35.9 Å². The van der Waals surface area contributed by atoms with Gasteiger partial charge in [0.05, 0.1) is 5.60 Å². The Morgan fingerprint density at radius 1 is 1.09 bits per heavy atom. The number of aliphatic hydroxyl groups is 1. The molecule has 126 valence electrons. The molecule has 2 unspecified atom stereocenters. The van der Waals surface area contributed by atoms with Crippen LogP contribution >= 0.6 is 0 Å². The van der Waals surface area contributed by atoms with Gasteiger partial charge in [-0.25, -0.2) is 0 Å². The van der Waals surface area contributed by atoms with Crippen LogP contribution in [-0.2, 0) is 0 Å². The first kappa shape index (κ1) is 16.7. The number of rotatable bonds is 4. The maximum Gasteiger partial charge on any atom is 0.0928 e. The van der Waals surface area contributed by atoms with Gasteiger partial charge < -0.3 is 10.0 Å². The molecule has 2 aliphatic carbocycles. The van der Waals surface area contributed by atoms with Crippen molar-refractivity contribution in [3.05, 3.63) is 41.5 Å². The molecule has 0 radical (unpaired) electrons. The minimum Gasteiger partial charge on any atom is -0.385 e. The van der Waals surface area contributed by atoms with Crippen molar-refractivity contribution < 1.29 is 5.11 Å². The van der Waals surface area contributed by atoms with E-state index in [1.54, 1.807) is 0 Å². The van der Waals surface area contributed by atoms with Gasteiger partial charge in [0.25, 0.3) is 0 Å². The lowest BCUT2D eigenvalue weighted by Crippen LogP contribution is -2.51. The van der Waals surface area contributed by atoms with Crippen molar-refractivity contribution in [3.63, 3.8) is 0 Å². The first-order valence-corrected chi connectivity index (χ1v) is 9.24. The zero-order chi connectivity index (χ0) is 16.3. The van der Waals surface area contributed by atoms with Gasteiger partial charge >= 0.3 is 0 Å². The molecule has 0 bridgehead atoms. The van der Waals surface area contributed by atoms with E-state index in [0.29, 0.717) is 11.8 Å². The number of nitrogens with zero attached hydrogens (tertiary/aromatic N) is 1. The average Bonchev–Trinajstić information content (AvgIpc) is 3.07. The highest BCUT2D eigenvalue weighted by molar-refractivity contribution is 5.56. The molecule has 0 spiro atoms. The largest absolute Gasteiger partial charge is 0.385 e. The second kappa shape index (κ2) is 7.19. The Morgan fingerprint density at radius 3 is 2.43 bits per heavy atom. The van der Waals surface area contributed by atoms with Gasteiger partial charge in [0.1, 0.15) is 0 Å². The van der Waals surface area contributed by atoms with Crippen LogP contribution in [0.3, 0.4) is 0 Å². The van der Waals surface area contributed by atoms with E-state index in [-0.39, 0.29) is 0 Å². The van der Waals surface area contributed by atoms with Crippen LogP contribution in [0.5, 0.6) is 0 Å². The minimum absolute atomic E-state index is 0.365. The van der Waals surface area contributed by atoms with Crippen LogP contribution in [0, 0.1) is 11.8 Å². The fourth-order valence-corrected chi connectivity index (χ4v) is 4.79. The van der Waals surface area contributed by atoms with Crippen molar-refractivity contribution in [1.82, 2.24) is 4.90 Å². The Labute approximate surface area is 141 Å². The fraction of sp³-hybridized carbons (Fsp3) is 0.619. The maximum absolute atomic E-state index is 11.9. The van der Waals surface area contributed by atoms with Crippen LogP contribution in [0.4, 0.5) is 0 Å². The summed E-state index contributed by atoms with van der Waals surface area (Å²) in [5, 5.41) is 11.9. The van der Waals surface area contributed by atoms with Gasteiger partial charge in [0.2, 0.25) is 0 Å². The summed E-state index contributed by atoms with van der Waals surface area (Å²) in [5.74, 6) is 0.812. The summed E-state index contributed by atoms with van der Waals surface area (Å²) in [4.78, 5) is 2.25. The third-order valence-electron chi connectivity index (χ3n) is 5.84. The molecular formula is C21H31NO. The van der Waals surface area contributed by atoms with Gasteiger partial charge in [0.15, 0.2) is 0 Å². The average molecular weight is 313 g/mol. The van der Waals surface area contributed by atoms with Gasteiger partial charge in [-0.3, -0.25) is 0 Å². The second-order valence-electron chi connectivity index (χ2n) is 7.74. The Morgan fingerprint density at radius 2 is 1.78 bits per heavy atom. The molecular weight excluding hydrogens is 282 g/mol. The molecule has 0 aliphatic heterocycles.